The van der Waals surface area contributed by atoms with Crippen molar-refractivity contribution in [3.05, 3.63) is 0 Å². The summed E-state index contributed by atoms with van der Waals surface area (Å²) in [5.74, 6) is -1.36. The van der Waals surface area contributed by atoms with E-state index in [9.17, 15) is 9.59 Å². The molecular weight excluding hydrogens is 224 g/mol. The van der Waals surface area contributed by atoms with Crippen molar-refractivity contribution in [2.24, 2.45) is 0 Å². The molecule has 0 rings (SSSR count). The normalized spacial score (nSPS) is 13.2. The molecule has 0 heterocycles. The molecule has 0 aromatic rings. The van der Waals surface area contributed by atoms with E-state index in [1.807, 2.05) is 0 Å². The highest BCUT2D eigenvalue weighted by molar-refractivity contribution is 5.89. The maximum atomic E-state index is 11.8. The van der Waals surface area contributed by atoms with Crippen molar-refractivity contribution < 1.29 is 19.4 Å². The number of hydrogen-bond acceptors (Lipinski definition) is 4. The predicted molar refractivity (Wildman–Crippen MR) is 63.8 cm³/mol. The second kappa shape index (κ2) is 7.24. The van der Waals surface area contributed by atoms with Crippen molar-refractivity contribution in [2.75, 3.05) is 20.8 Å². The number of aliphatic carboxylic acids is 1. The molecule has 1 atom stereocenters. The number of nitrogens with one attached hydrogen (secondary N) is 2. The number of methoxy groups -OCH3 is 1. The van der Waals surface area contributed by atoms with E-state index in [0.29, 0.717) is 19.4 Å². The largest absolute Gasteiger partial charge is 0.480 e. The molecule has 0 aliphatic heterocycles. The van der Waals surface area contributed by atoms with Gasteiger partial charge in [0.05, 0.1) is 5.54 Å². The number of amides is 1. The molecule has 0 aromatic heterocycles. The van der Waals surface area contributed by atoms with Gasteiger partial charge in [-0.15, -0.1) is 0 Å². The first-order valence-corrected chi connectivity index (χ1v) is 5.56. The van der Waals surface area contributed by atoms with Crippen molar-refractivity contribution >= 4 is 11.9 Å². The van der Waals surface area contributed by atoms with Crippen molar-refractivity contribution in [1.29, 1.82) is 0 Å². The Bertz CT molecular complexity index is 266. The number of hydrogen-bond donors (Lipinski definition) is 3. The molecule has 0 aliphatic rings. The summed E-state index contributed by atoms with van der Waals surface area (Å²) < 4.78 is 4.85. The highest BCUT2D eigenvalue weighted by Gasteiger charge is 2.29. The zero-order valence-electron chi connectivity index (χ0n) is 10.9. The van der Waals surface area contributed by atoms with Gasteiger partial charge in [0.1, 0.15) is 6.04 Å². The van der Waals surface area contributed by atoms with Crippen LogP contribution in [0.5, 0.6) is 0 Å². The number of rotatable bonds is 8. The van der Waals surface area contributed by atoms with Crippen LogP contribution in [0.3, 0.4) is 0 Å². The molecule has 0 aliphatic carbocycles. The van der Waals surface area contributed by atoms with Gasteiger partial charge in [0.25, 0.3) is 0 Å². The van der Waals surface area contributed by atoms with Crippen molar-refractivity contribution in [3.63, 3.8) is 0 Å². The fourth-order valence-corrected chi connectivity index (χ4v) is 1.14. The smallest absolute Gasteiger partial charge is 0.326 e. The van der Waals surface area contributed by atoms with Gasteiger partial charge in [-0.1, -0.05) is 0 Å². The summed E-state index contributed by atoms with van der Waals surface area (Å²) in [6.45, 7) is 3.86. The van der Waals surface area contributed by atoms with Gasteiger partial charge in [-0.2, -0.15) is 0 Å². The Kier molecular flexibility index (Phi) is 6.75. The van der Waals surface area contributed by atoms with E-state index < -0.39 is 17.6 Å². The quantitative estimate of drug-likeness (QED) is 0.524. The standard InChI is InChI=1S/C11H22N2O4/c1-11(2,12-3)10(16)13-8(9(14)15)6-5-7-17-4/h8,12H,5-7H2,1-4H3,(H,13,16)(H,14,15). The van der Waals surface area contributed by atoms with Crippen molar-refractivity contribution in [3.8, 4) is 0 Å². The summed E-state index contributed by atoms with van der Waals surface area (Å²) in [5, 5.41) is 14.3. The summed E-state index contributed by atoms with van der Waals surface area (Å²) in [5.41, 5.74) is -0.783. The van der Waals surface area contributed by atoms with Crippen molar-refractivity contribution in [1.82, 2.24) is 10.6 Å². The zero-order valence-corrected chi connectivity index (χ0v) is 10.9. The van der Waals surface area contributed by atoms with E-state index in [4.69, 9.17) is 9.84 Å². The third-order valence-electron chi connectivity index (χ3n) is 2.64. The molecule has 0 saturated carbocycles. The van der Waals surface area contributed by atoms with Crippen LogP contribution in [-0.2, 0) is 14.3 Å². The number of carboxylic acid groups (broad SMARTS) is 1. The Hall–Kier alpha value is -1.14. The fourth-order valence-electron chi connectivity index (χ4n) is 1.14. The Morgan fingerprint density at radius 2 is 2.00 bits per heavy atom. The Labute approximate surface area is 102 Å². The van der Waals surface area contributed by atoms with Crippen LogP contribution in [0.25, 0.3) is 0 Å². The van der Waals surface area contributed by atoms with E-state index in [2.05, 4.69) is 10.6 Å². The first-order chi connectivity index (χ1) is 7.85. The second-order valence-corrected chi connectivity index (χ2v) is 4.37. The molecule has 0 radical (unpaired) electrons. The van der Waals surface area contributed by atoms with Gasteiger partial charge >= 0.3 is 5.97 Å². The van der Waals surface area contributed by atoms with Crippen LogP contribution >= 0.6 is 0 Å². The molecule has 0 saturated heterocycles. The summed E-state index contributed by atoms with van der Waals surface area (Å²) in [7, 11) is 3.21. The summed E-state index contributed by atoms with van der Waals surface area (Å²) in [6.07, 6.45) is 0.947. The average molecular weight is 246 g/mol. The zero-order chi connectivity index (χ0) is 13.5. The van der Waals surface area contributed by atoms with E-state index >= 15 is 0 Å². The van der Waals surface area contributed by atoms with Crippen molar-refractivity contribution in [2.45, 2.75) is 38.3 Å². The van der Waals surface area contributed by atoms with Gasteiger partial charge in [0.15, 0.2) is 0 Å². The van der Waals surface area contributed by atoms with Crippen LogP contribution in [0.2, 0.25) is 0 Å². The fraction of sp³-hybridized carbons (Fsp3) is 0.818. The highest BCUT2D eigenvalue weighted by Crippen LogP contribution is 2.04. The number of carbonyl (C=O) groups is 2. The van der Waals surface area contributed by atoms with Crippen LogP contribution in [0.1, 0.15) is 26.7 Å². The minimum absolute atomic E-state index is 0.329. The molecule has 6 heteroatoms. The summed E-state index contributed by atoms with van der Waals surface area (Å²) in [4.78, 5) is 22.7. The van der Waals surface area contributed by atoms with Crippen LogP contribution in [0.15, 0.2) is 0 Å². The van der Waals surface area contributed by atoms with Gasteiger partial charge in [-0.3, -0.25) is 4.79 Å². The van der Waals surface area contributed by atoms with E-state index in [0.717, 1.165) is 0 Å². The lowest BCUT2D eigenvalue weighted by atomic mass is 10.0. The summed E-state index contributed by atoms with van der Waals surface area (Å²) in [6, 6.07) is -0.870. The van der Waals surface area contributed by atoms with Gasteiger partial charge in [-0.05, 0) is 33.7 Å². The number of likely N-dealkylation sites (N-methyl/N-ethyl adjacent to an activating group) is 1. The Morgan fingerprint density at radius 1 is 1.41 bits per heavy atom. The molecule has 0 spiro atoms. The molecule has 0 bridgehead atoms. The average Bonchev–Trinajstić information content (AvgIpc) is 2.27. The lowest BCUT2D eigenvalue weighted by Crippen LogP contribution is -2.55. The van der Waals surface area contributed by atoms with E-state index in [1.54, 1.807) is 28.0 Å². The minimum Gasteiger partial charge on any atom is -0.480 e. The van der Waals surface area contributed by atoms with Gasteiger partial charge in [-0.25, -0.2) is 4.79 Å². The minimum atomic E-state index is -1.03. The van der Waals surface area contributed by atoms with Crippen LogP contribution in [0.4, 0.5) is 0 Å². The third kappa shape index (κ3) is 5.65. The maximum absolute atomic E-state index is 11.8. The lowest BCUT2D eigenvalue weighted by molar-refractivity contribution is -0.143. The molecule has 3 N–H and O–H groups in total. The van der Waals surface area contributed by atoms with Crippen LogP contribution in [-0.4, -0.2) is 49.3 Å². The Balaban J connectivity index is 4.35. The topological polar surface area (TPSA) is 87.7 Å². The summed E-state index contributed by atoms with van der Waals surface area (Å²) >= 11 is 0. The van der Waals surface area contributed by atoms with E-state index in [-0.39, 0.29) is 5.91 Å². The molecule has 1 amide bonds. The first kappa shape index (κ1) is 15.9. The first-order valence-electron chi connectivity index (χ1n) is 5.56. The Morgan fingerprint density at radius 3 is 2.41 bits per heavy atom. The lowest BCUT2D eigenvalue weighted by Gasteiger charge is -2.25. The monoisotopic (exact) mass is 246 g/mol. The second-order valence-electron chi connectivity index (χ2n) is 4.37. The molecule has 6 nitrogen and oxygen atoms in total. The van der Waals surface area contributed by atoms with Gasteiger partial charge < -0.3 is 20.5 Å². The number of ether oxygens (including phenoxy) is 1. The SMILES string of the molecule is CNC(C)(C)C(=O)NC(CCCOC)C(=O)O. The van der Waals surface area contributed by atoms with E-state index in [1.165, 1.54) is 0 Å². The molecule has 100 valence electrons. The maximum Gasteiger partial charge on any atom is 0.326 e. The predicted octanol–water partition coefficient (Wildman–Crippen LogP) is -0.0196. The number of carbonyl (C=O) groups excluding carboxylic acids is 1. The van der Waals surface area contributed by atoms with Crippen LogP contribution < -0.4 is 10.6 Å². The number of carboxylic acids is 1. The molecular formula is C11H22N2O4. The molecule has 0 aromatic carbocycles. The van der Waals surface area contributed by atoms with Gasteiger partial charge in [0, 0.05) is 13.7 Å². The van der Waals surface area contributed by atoms with Gasteiger partial charge in [0.2, 0.25) is 5.91 Å². The molecule has 1 unspecified atom stereocenters. The molecule has 17 heavy (non-hydrogen) atoms. The third-order valence-corrected chi connectivity index (χ3v) is 2.64. The molecule has 0 fully saturated rings. The van der Waals surface area contributed by atoms with Crippen LogP contribution in [0, 0.1) is 0 Å². The highest BCUT2D eigenvalue weighted by atomic mass is 16.5.